The number of carbonyl (C=O) groups is 1. The number of anilines is 1. The third-order valence-corrected chi connectivity index (χ3v) is 3.09. The molecule has 3 N–H and O–H groups in total. The number of piperidine rings is 1. The van der Waals surface area contributed by atoms with Gasteiger partial charge in [0.25, 0.3) is 0 Å². The van der Waals surface area contributed by atoms with Gasteiger partial charge in [0.2, 0.25) is 0 Å². The summed E-state index contributed by atoms with van der Waals surface area (Å²) in [5.41, 5.74) is 6.18. The highest BCUT2D eigenvalue weighted by Crippen LogP contribution is 2.17. The fourth-order valence-electron chi connectivity index (χ4n) is 1.96. The molecular formula is C14H22N2O. The highest BCUT2D eigenvalue weighted by molar-refractivity contribution is 5.57. The van der Waals surface area contributed by atoms with Gasteiger partial charge < -0.3 is 15.8 Å². The van der Waals surface area contributed by atoms with E-state index in [4.69, 9.17) is 5.73 Å². The topological polar surface area (TPSA) is 55.1 Å². The van der Waals surface area contributed by atoms with Gasteiger partial charge in [-0.25, -0.2) is 0 Å². The molecule has 1 aliphatic rings. The molecule has 2 atom stereocenters. The van der Waals surface area contributed by atoms with E-state index in [0.29, 0.717) is 0 Å². The summed E-state index contributed by atoms with van der Waals surface area (Å²) in [6.07, 6.45) is 4.52. The lowest BCUT2D eigenvalue weighted by Gasteiger charge is -2.25. The van der Waals surface area contributed by atoms with Crippen LogP contribution >= 0.6 is 0 Å². The van der Waals surface area contributed by atoms with Crippen molar-refractivity contribution in [3.63, 3.8) is 0 Å². The minimum Gasteiger partial charge on any atom is -0.399 e. The summed E-state index contributed by atoms with van der Waals surface area (Å²) in [5, 5.41) is 3.16. The van der Waals surface area contributed by atoms with Crippen LogP contribution in [-0.2, 0) is 4.79 Å². The Balaban J connectivity index is 0.000000181. The molecule has 94 valence electrons. The minimum absolute atomic E-state index is 0.138. The maximum absolute atomic E-state index is 10.4. The summed E-state index contributed by atoms with van der Waals surface area (Å²) in [7, 11) is 0. The van der Waals surface area contributed by atoms with Crippen LogP contribution in [0.3, 0.4) is 0 Å². The lowest BCUT2D eigenvalue weighted by atomic mass is 9.91. The van der Waals surface area contributed by atoms with Crippen LogP contribution in [0.5, 0.6) is 0 Å². The first-order valence-electron chi connectivity index (χ1n) is 6.25. The molecule has 1 heterocycles. The Morgan fingerprint density at radius 1 is 1.41 bits per heavy atom. The Labute approximate surface area is 103 Å². The molecule has 0 amide bonds. The van der Waals surface area contributed by atoms with Gasteiger partial charge in [0.15, 0.2) is 0 Å². The smallest absolute Gasteiger partial charge is 0.136 e. The van der Waals surface area contributed by atoms with Gasteiger partial charge in [-0.2, -0.15) is 0 Å². The van der Waals surface area contributed by atoms with Crippen LogP contribution in [0, 0.1) is 5.92 Å². The summed E-state index contributed by atoms with van der Waals surface area (Å²) >= 11 is 0. The van der Waals surface area contributed by atoms with Gasteiger partial charge >= 0.3 is 0 Å². The van der Waals surface area contributed by atoms with Crippen LogP contribution in [0.15, 0.2) is 30.3 Å². The average Bonchev–Trinajstić information content (AvgIpc) is 2.40. The summed E-state index contributed by atoms with van der Waals surface area (Å²) in [6.45, 7) is 3.21. The number of hydrogen-bond acceptors (Lipinski definition) is 3. The van der Waals surface area contributed by atoms with E-state index >= 15 is 0 Å². The summed E-state index contributed by atoms with van der Waals surface area (Å²) in [5.74, 6) is 0.774. The number of nitrogens with two attached hydrogens (primary N) is 1. The summed E-state index contributed by atoms with van der Waals surface area (Å²) in [6, 6.07) is 9.62. The van der Waals surface area contributed by atoms with Crippen LogP contribution in [0.25, 0.3) is 0 Å². The molecule has 1 saturated heterocycles. The number of hydrogen-bond donors (Lipinski definition) is 2. The molecule has 0 radical (unpaired) electrons. The molecular weight excluding hydrogens is 212 g/mol. The molecule has 3 heteroatoms. The lowest BCUT2D eigenvalue weighted by Crippen LogP contribution is -2.38. The Bertz CT molecular complexity index is 313. The second kappa shape index (κ2) is 7.85. The Morgan fingerprint density at radius 3 is 2.59 bits per heavy atom. The Morgan fingerprint density at radius 2 is 2.12 bits per heavy atom. The van der Waals surface area contributed by atoms with Crippen molar-refractivity contribution in [2.24, 2.45) is 5.92 Å². The number of nitrogen functional groups attached to an aromatic ring is 1. The van der Waals surface area contributed by atoms with Crippen molar-refractivity contribution >= 4 is 12.0 Å². The van der Waals surface area contributed by atoms with E-state index in [2.05, 4.69) is 12.2 Å². The molecule has 3 nitrogen and oxygen atoms in total. The van der Waals surface area contributed by atoms with E-state index in [-0.39, 0.29) is 6.04 Å². The number of nitrogens with one attached hydrogen (secondary N) is 1. The van der Waals surface area contributed by atoms with Gasteiger partial charge in [0.05, 0.1) is 6.04 Å². The molecule has 0 aliphatic carbocycles. The third-order valence-electron chi connectivity index (χ3n) is 3.09. The van der Waals surface area contributed by atoms with E-state index in [1.54, 1.807) is 0 Å². The van der Waals surface area contributed by atoms with Crippen molar-refractivity contribution in [3.05, 3.63) is 30.3 Å². The SMILES string of the molecule is CCC1CCNC(C=O)C1.Nc1ccccc1. The normalized spacial score (nSPS) is 23.4. The van der Waals surface area contributed by atoms with Gasteiger partial charge in [0.1, 0.15) is 6.29 Å². The van der Waals surface area contributed by atoms with Crippen molar-refractivity contribution in [2.75, 3.05) is 12.3 Å². The molecule has 1 aromatic rings. The maximum Gasteiger partial charge on any atom is 0.136 e. The van der Waals surface area contributed by atoms with Crippen LogP contribution in [0.1, 0.15) is 26.2 Å². The number of para-hydroxylation sites is 1. The van der Waals surface area contributed by atoms with Gasteiger partial charge in [-0.1, -0.05) is 31.5 Å². The third kappa shape index (κ3) is 5.50. The molecule has 17 heavy (non-hydrogen) atoms. The molecule has 0 bridgehead atoms. The van der Waals surface area contributed by atoms with Crippen LogP contribution < -0.4 is 11.1 Å². The fourth-order valence-corrected chi connectivity index (χ4v) is 1.96. The number of benzene rings is 1. The van der Waals surface area contributed by atoms with Crippen molar-refractivity contribution in [1.29, 1.82) is 0 Å². The molecule has 0 spiro atoms. The minimum atomic E-state index is 0.138. The van der Waals surface area contributed by atoms with E-state index < -0.39 is 0 Å². The first-order chi connectivity index (χ1) is 8.26. The maximum atomic E-state index is 10.4. The monoisotopic (exact) mass is 234 g/mol. The molecule has 2 rings (SSSR count). The summed E-state index contributed by atoms with van der Waals surface area (Å²) in [4.78, 5) is 10.4. The van der Waals surface area contributed by atoms with Crippen molar-refractivity contribution in [3.8, 4) is 0 Å². The molecule has 0 aromatic heterocycles. The standard InChI is InChI=1S/C8H15NO.C6H7N/c1-2-7-3-4-9-8(5-7)6-10;7-6-4-2-1-3-5-6/h6-9H,2-5H2,1H3;1-5H,7H2. The Hall–Kier alpha value is -1.35. The predicted molar refractivity (Wildman–Crippen MR) is 71.7 cm³/mol. The van der Waals surface area contributed by atoms with Crippen LogP contribution in [0.4, 0.5) is 5.69 Å². The average molecular weight is 234 g/mol. The van der Waals surface area contributed by atoms with Gasteiger partial charge in [-0.15, -0.1) is 0 Å². The zero-order chi connectivity index (χ0) is 12.5. The fraction of sp³-hybridized carbons (Fsp3) is 0.500. The number of aldehydes is 1. The van der Waals surface area contributed by atoms with Crippen LogP contribution in [0.2, 0.25) is 0 Å². The van der Waals surface area contributed by atoms with Crippen molar-refractivity contribution in [2.45, 2.75) is 32.2 Å². The molecule has 0 saturated carbocycles. The molecule has 1 aromatic carbocycles. The highest BCUT2D eigenvalue weighted by atomic mass is 16.1. The van der Waals surface area contributed by atoms with Gasteiger partial charge in [-0.05, 0) is 37.4 Å². The zero-order valence-electron chi connectivity index (χ0n) is 10.4. The second-order valence-corrected chi connectivity index (χ2v) is 4.41. The molecule has 2 unspecified atom stereocenters. The largest absolute Gasteiger partial charge is 0.399 e. The first kappa shape index (κ1) is 13.7. The Kier molecular flexibility index (Phi) is 6.33. The second-order valence-electron chi connectivity index (χ2n) is 4.41. The molecule has 1 fully saturated rings. The predicted octanol–water partition coefficient (Wildman–Crippen LogP) is 2.23. The molecule has 1 aliphatic heterocycles. The number of rotatable bonds is 2. The van der Waals surface area contributed by atoms with E-state index in [9.17, 15) is 4.79 Å². The van der Waals surface area contributed by atoms with Gasteiger partial charge in [0, 0.05) is 5.69 Å². The highest BCUT2D eigenvalue weighted by Gasteiger charge is 2.18. The van der Waals surface area contributed by atoms with Crippen LogP contribution in [-0.4, -0.2) is 18.9 Å². The lowest BCUT2D eigenvalue weighted by molar-refractivity contribution is -0.110. The quantitative estimate of drug-likeness (QED) is 0.609. The van der Waals surface area contributed by atoms with E-state index in [0.717, 1.165) is 30.9 Å². The van der Waals surface area contributed by atoms with Crippen molar-refractivity contribution in [1.82, 2.24) is 5.32 Å². The van der Waals surface area contributed by atoms with Gasteiger partial charge in [-0.3, -0.25) is 0 Å². The number of carbonyl (C=O) groups excluding carboxylic acids is 1. The van der Waals surface area contributed by atoms with E-state index in [1.807, 2.05) is 30.3 Å². The van der Waals surface area contributed by atoms with E-state index in [1.165, 1.54) is 12.8 Å². The van der Waals surface area contributed by atoms with Crippen molar-refractivity contribution < 1.29 is 4.79 Å². The summed E-state index contributed by atoms with van der Waals surface area (Å²) < 4.78 is 0. The zero-order valence-corrected chi connectivity index (χ0v) is 10.4. The first-order valence-corrected chi connectivity index (χ1v) is 6.25.